The molecule has 1 fully saturated rings. The topological polar surface area (TPSA) is 98.9 Å². The Morgan fingerprint density at radius 1 is 0.889 bits per heavy atom. The lowest BCUT2D eigenvalue weighted by Gasteiger charge is -2.17. The van der Waals surface area contributed by atoms with Gasteiger partial charge in [0.05, 0.1) is 11.8 Å². The Morgan fingerprint density at radius 2 is 1.61 bits per heavy atom. The van der Waals surface area contributed by atoms with E-state index in [9.17, 15) is 14.4 Å². The molecule has 0 spiro atoms. The van der Waals surface area contributed by atoms with Gasteiger partial charge < -0.3 is 20.1 Å². The van der Waals surface area contributed by atoms with Crippen LogP contribution in [0.2, 0.25) is 0 Å². The molecule has 3 aromatic carbocycles. The van der Waals surface area contributed by atoms with E-state index in [-0.39, 0.29) is 31.3 Å². The third-order valence-electron chi connectivity index (χ3n) is 6.96. The highest BCUT2D eigenvalue weighted by Gasteiger charge is 2.50. The molecule has 2 amide bonds. The van der Waals surface area contributed by atoms with Gasteiger partial charge in [-0.25, -0.2) is 0 Å². The number of amides is 2. The third-order valence-corrected chi connectivity index (χ3v) is 6.96. The summed E-state index contributed by atoms with van der Waals surface area (Å²) in [6.07, 6.45) is 1.97. The van der Waals surface area contributed by atoms with Crippen LogP contribution in [0.4, 0.5) is 0 Å². The molecule has 5 rings (SSSR count). The Labute approximate surface area is 209 Å². The van der Waals surface area contributed by atoms with Crippen molar-refractivity contribution in [3.8, 4) is 22.6 Å². The largest absolute Gasteiger partial charge is 0.454 e. The summed E-state index contributed by atoms with van der Waals surface area (Å²) in [4.78, 5) is 39.0. The Hall–Kier alpha value is -4.13. The molecule has 1 aliphatic heterocycles. The van der Waals surface area contributed by atoms with Crippen molar-refractivity contribution in [2.45, 2.75) is 31.1 Å². The zero-order valence-electron chi connectivity index (χ0n) is 20.4. The molecule has 7 heteroatoms. The molecule has 184 valence electrons. The Kier molecular flexibility index (Phi) is 6.00. The van der Waals surface area contributed by atoms with Gasteiger partial charge in [0.2, 0.25) is 12.7 Å². The first-order chi connectivity index (χ1) is 17.3. The van der Waals surface area contributed by atoms with Crippen LogP contribution in [-0.4, -0.2) is 43.4 Å². The van der Waals surface area contributed by atoms with Crippen molar-refractivity contribution >= 4 is 17.6 Å². The fraction of sp³-hybridized carbons (Fsp3) is 0.276. The number of ketones is 1. The Morgan fingerprint density at radius 3 is 2.28 bits per heavy atom. The summed E-state index contributed by atoms with van der Waals surface area (Å²) < 4.78 is 10.9. The van der Waals surface area contributed by atoms with E-state index >= 15 is 0 Å². The number of nitrogens with zero attached hydrogens (tertiary/aromatic N) is 1. The monoisotopic (exact) mass is 484 g/mol. The van der Waals surface area contributed by atoms with Gasteiger partial charge in [0.15, 0.2) is 11.5 Å². The van der Waals surface area contributed by atoms with E-state index in [1.807, 2.05) is 48.5 Å². The third kappa shape index (κ3) is 4.44. The number of benzene rings is 3. The van der Waals surface area contributed by atoms with Crippen LogP contribution in [0.3, 0.4) is 0 Å². The minimum Gasteiger partial charge on any atom is -0.454 e. The number of hydrogen-bond donors (Lipinski definition) is 1. The van der Waals surface area contributed by atoms with E-state index < -0.39 is 11.3 Å². The number of nitrogens with two attached hydrogens (primary N) is 1. The van der Waals surface area contributed by atoms with Crippen molar-refractivity contribution in [3.63, 3.8) is 0 Å². The molecule has 1 aliphatic carbocycles. The molecule has 2 aliphatic rings. The number of hydrogen-bond acceptors (Lipinski definition) is 5. The first-order valence-corrected chi connectivity index (χ1v) is 11.9. The highest BCUT2D eigenvalue weighted by molar-refractivity contribution is 5.96. The molecule has 0 atom stereocenters. The predicted octanol–water partition coefficient (Wildman–Crippen LogP) is 3.66. The second-order valence-corrected chi connectivity index (χ2v) is 9.66. The number of carbonyl (C=O) groups is 3. The molecule has 36 heavy (non-hydrogen) atoms. The van der Waals surface area contributed by atoms with Gasteiger partial charge >= 0.3 is 0 Å². The van der Waals surface area contributed by atoms with E-state index in [0.29, 0.717) is 17.1 Å². The van der Waals surface area contributed by atoms with E-state index in [0.717, 1.165) is 40.7 Å². The molecule has 0 bridgehead atoms. The summed E-state index contributed by atoms with van der Waals surface area (Å²) in [5, 5.41) is 0. The van der Waals surface area contributed by atoms with Crippen molar-refractivity contribution in [1.82, 2.24) is 4.90 Å². The van der Waals surface area contributed by atoms with Crippen molar-refractivity contribution in [2.75, 3.05) is 20.9 Å². The van der Waals surface area contributed by atoms with Crippen LogP contribution in [0.5, 0.6) is 11.5 Å². The van der Waals surface area contributed by atoms with E-state index in [1.165, 1.54) is 4.90 Å². The van der Waals surface area contributed by atoms with Gasteiger partial charge in [-0.15, -0.1) is 0 Å². The normalized spacial score (nSPS) is 14.8. The van der Waals surface area contributed by atoms with Gasteiger partial charge in [-0.1, -0.05) is 36.4 Å². The van der Waals surface area contributed by atoms with Crippen molar-refractivity contribution in [1.29, 1.82) is 0 Å². The lowest BCUT2D eigenvalue weighted by Crippen LogP contribution is -2.22. The SMILES string of the molecule is CN(C)C(=O)c1ccc(-c2cc(CC(=O)C3(c4ccc5c(c4)OCO5)CC3)ccc2CC(N)=O)cc1. The van der Waals surface area contributed by atoms with Crippen molar-refractivity contribution in [3.05, 3.63) is 82.9 Å². The first-order valence-electron chi connectivity index (χ1n) is 11.9. The van der Waals surface area contributed by atoms with Crippen molar-refractivity contribution < 1.29 is 23.9 Å². The summed E-state index contributed by atoms with van der Waals surface area (Å²) in [7, 11) is 3.41. The minimum atomic E-state index is -0.499. The molecule has 3 aromatic rings. The molecule has 0 aromatic heterocycles. The van der Waals surface area contributed by atoms with Crippen LogP contribution in [0.1, 0.15) is 39.9 Å². The van der Waals surface area contributed by atoms with Crippen LogP contribution < -0.4 is 15.2 Å². The zero-order chi connectivity index (χ0) is 25.4. The molecule has 1 heterocycles. The molecule has 2 N–H and O–H groups in total. The maximum atomic E-state index is 13.5. The van der Waals surface area contributed by atoms with Gasteiger partial charge in [-0.05, 0) is 64.9 Å². The van der Waals surface area contributed by atoms with Crippen LogP contribution in [-0.2, 0) is 27.8 Å². The minimum absolute atomic E-state index is 0.0864. The van der Waals surface area contributed by atoms with Crippen LogP contribution in [0.15, 0.2) is 60.7 Å². The van der Waals surface area contributed by atoms with Crippen LogP contribution >= 0.6 is 0 Å². The van der Waals surface area contributed by atoms with Crippen LogP contribution in [0.25, 0.3) is 11.1 Å². The fourth-order valence-corrected chi connectivity index (χ4v) is 4.80. The van der Waals surface area contributed by atoms with E-state index in [2.05, 4.69) is 0 Å². The van der Waals surface area contributed by atoms with Gasteiger partial charge in [0.25, 0.3) is 5.91 Å². The first kappa shape index (κ1) is 23.6. The second-order valence-electron chi connectivity index (χ2n) is 9.66. The summed E-state index contributed by atoms with van der Waals surface area (Å²) in [5.74, 6) is 1.02. The molecular formula is C29H28N2O5. The number of primary amides is 1. The van der Waals surface area contributed by atoms with Gasteiger partial charge in [0, 0.05) is 26.1 Å². The average Bonchev–Trinajstić information content (AvgIpc) is 3.55. The molecule has 7 nitrogen and oxygen atoms in total. The summed E-state index contributed by atoms with van der Waals surface area (Å²) in [5.41, 5.74) is 9.86. The smallest absolute Gasteiger partial charge is 0.253 e. The van der Waals surface area contributed by atoms with E-state index in [4.69, 9.17) is 15.2 Å². The Bertz CT molecular complexity index is 1360. The second kappa shape index (κ2) is 9.15. The highest BCUT2D eigenvalue weighted by atomic mass is 16.7. The van der Waals surface area contributed by atoms with E-state index in [1.54, 1.807) is 26.2 Å². The number of ether oxygens (including phenoxy) is 2. The van der Waals surface area contributed by atoms with Gasteiger partial charge in [-0.2, -0.15) is 0 Å². The lowest BCUT2D eigenvalue weighted by atomic mass is 9.86. The van der Waals surface area contributed by atoms with Crippen molar-refractivity contribution in [2.24, 2.45) is 5.73 Å². The van der Waals surface area contributed by atoms with Gasteiger partial charge in [-0.3, -0.25) is 14.4 Å². The fourth-order valence-electron chi connectivity index (χ4n) is 4.80. The molecule has 1 saturated carbocycles. The maximum Gasteiger partial charge on any atom is 0.253 e. The molecule has 0 radical (unpaired) electrons. The molecular weight excluding hydrogens is 456 g/mol. The highest BCUT2D eigenvalue weighted by Crippen LogP contribution is 2.51. The summed E-state index contributed by atoms with van der Waals surface area (Å²) in [6.45, 7) is 0.199. The van der Waals surface area contributed by atoms with Gasteiger partial charge in [0.1, 0.15) is 5.78 Å². The molecule has 0 saturated heterocycles. The number of carbonyl (C=O) groups excluding carboxylic acids is 3. The lowest BCUT2D eigenvalue weighted by molar-refractivity contribution is -0.121. The quantitative estimate of drug-likeness (QED) is 0.526. The molecule has 0 unspecified atom stereocenters. The predicted molar refractivity (Wildman–Crippen MR) is 135 cm³/mol. The number of Topliss-reactive ketones (excluding diaryl/α,β-unsaturated/α-hetero) is 1. The average molecular weight is 485 g/mol. The maximum absolute atomic E-state index is 13.5. The zero-order valence-corrected chi connectivity index (χ0v) is 20.4. The number of rotatable bonds is 8. The summed E-state index contributed by atoms with van der Waals surface area (Å²) >= 11 is 0. The standard InChI is InChI=1S/C29H28N2O5/c1-31(2)28(34)20-7-5-19(6-8-20)23-13-18(3-4-21(23)15-27(30)33)14-26(32)29(11-12-29)22-9-10-24-25(16-22)36-17-35-24/h3-10,13,16H,11-12,14-15,17H2,1-2H3,(H2,30,33). The Balaban J connectivity index is 1.42. The number of fused-ring (bicyclic) bond motifs is 1. The summed E-state index contributed by atoms with van der Waals surface area (Å²) in [6, 6.07) is 18.7. The van der Waals surface area contributed by atoms with Crippen LogP contribution in [0, 0.1) is 0 Å².